The number of hydrogen-bond acceptors (Lipinski definition) is 6. The Kier molecular flexibility index (Phi) is 7.20. The monoisotopic (exact) mass is 532 g/mol. The summed E-state index contributed by atoms with van der Waals surface area (Å²) >= 11 is 12.0. The van der Waals surface area contributed by atoms with Crippen molar-refractivity contribution in [2.75, 3.05) is 6.26 Å². The fourth-order valence-electron chi connectivity index (χ4n) is 2.94. The molecule has 3 rings (SSSR count). The molecule has 0 fully saturated rings. The van der Waals surface area contributed by atoms with E-state index in [1.165, 1.54) is 24.5 Å². The van der Waals surface area contributed by atoms with E-state index in [1.54, 1.807) is 6.07 Å². The van der Waals surface area contributed by atoms with Crippen molar-refractivity contribution in [3.8, 4) is 11.5 Å². The van der Waals surface area contributed by atoms with E-state index in [0.29, 0.717) is 6.07 Å². The molecule has 13 heteroatoms. The normalized spacial score (nSPS) is 14.1. The number of rotatable bonds is 6. The van der Waals surface area contributed by atoms with E-state index in [4.69, 9.17) is 27.9 Å². The number of nitro benzene ring substituents is 1. The van der Waals surface area contributed by atoms with Gasteiger partial charge in [-0.1, -0.05) is 35.3 Å². The number of ether oxygens (including phenoxy) is 1. The van der Waals surface area contributed by atoms with Crippen LogP contribution >= 0.6 is 33.4 Å². The van der Waals surface area contributed by atoms with Crippen LogP contribution in [0.5, 0.6) is 11.5 Å². The van der Waals surface area contributed by atoms with E-state index < -0.39 is 43.2 Å². The highest BCUT2D eigenvalue weighted by Crippen LogP contribution is 2.59. The number of nitrogens with zero attached hydrogens (tertiary/aromatic N) is 2. The van der Waals surface area contributed by atoms with E-state index in [2.05, 4.69) is 4.58 Å². The summed E-state index contributed by atoms with van der Waals surface area (Å²) in [5.41, 5.74) is -2.10. The lowest BCUT2D eigenvalue weighted by molar-refractivity contribution is -0.385. The Morgan fingerprint density at radius 1 is 1.06 bits per heavy atom. The molecular weight excluding hydrogens is 520 g/mol. The third-order valence-electron chi connectivity index (χ3n) is 4.65. The molecule has 0 bridgehead atoms. The molecule has 7 nitrogen and oxygen atoms in total. The van der Waals surface area contributed by atoms with Gasteiger partial charge in [0.1, 0.15) is 17.1 Å². The average molecular weight is 533 g/mol. The van der Waals surface area contributed by atoms with Gasteiger partial charge in [-0.3, -0.25) is 14.9 Å². The topological polar surface area (TPSA) is 98.9 Å². The van der Waals surface area contributed by atoms with Gasteiger partial charge in [-0.25, -0.2) is 0 Å². The molecule has 0 amide bonds. The van der Waals surface area contributed by atoms with Crippen LogP contribution in [0.2, 0.25) is 10.0 Å². The van der Waals surface area contributed by atoms with Crippen molar-refractivity contribution in [1.29, 1.82) is 0 Å². The minimum Gasteiger partial charge on any atom is -0.456 e. The average Bonchev–Trinajstić information content (AvgIpc) is 2.78. The first-order chi connectivity index (χ1) is 15.9. The van der Waals surface area contributed by atoms with Crippen molar-refractivity contribution in [2.45, 2.75) is 11.1 Å². The van der Waals surface area contributed by atoms with Gasteiger partial charge in [-0.15, -0.1) is 4.91 Å². The number of hydrogen-bond donors (Lipinski definition) is 0. The van der Waals surface area contributed by atoms with Gasteiger partial charge < -0.3 is 4.74 Å². The fourth-order valence-corrected chi connectivity index (χ4v) is 5.48. The first-order valence-electron chi connectivity index (χ1n) is 9.13. The highest BCUT2D eigenvalue weighted by molar-refractivity contribution is 8.44. The Balaban J connectivity index is 2.07. The maximum absolute atomic E-state index is 13.4. The van der Waals surface area contributed by atoms with Gasteiger partial charge in [0.05, 0.1) is 20.5 Å². The second kappa shape index (κ2) is 9.61. The highest BCUT2D eigenvalue weighted by atomic mass is 35.5. The smallest absolute Gasteiger partial charge is 0.416 e. The van der Waals surface area contributed by atoms with Crippen LogP contribution in [0.25, 0.3) is 0 Å². The minimum atomic E-state index is -4.62. The molecular formula is C21H13Cl2F3N2O5S. The van der Waals surface area contributed by atoms with Crippen molar-refractivity contribution in [2.24, 2.45) is 4.58 Å². The number of halogens is 5. The summed E-state index contributed by atoms with van der Waals surface area (Å²) in [4.78, 5) is 36.0. The molecule has 178 valence electrons. The van der Waals surface area contributed by atoms with E-state index in [9.17, 15) is 33.0 Å². The standard InChI is InChI=1S/C21H13Cl2F3N2O5S/c1-34(27-30,19-5-3-2-4-15(19)22)20(29)14-11-13(7-8-17(14)28(31)32)33-18-9-6-12(10-16(18)23)21(24,25)26/h2-11H,1H3. The molecule has 0 aliphatic rings. The molecule has 0 spiro atoms. The van der Waals surface area contributed by atoms with Gasteiger partial charge in [0.25, 0.3) is 5.69 Å². The Morgan fingerprint density at radius 3 is 2.29 bits per heavy atom. The molecule has 3 aromatic rings. The van der Waals surface area contributed by atoms with Gasteiger partial charge >= 0.3 is 6.18 Å². The van der Waals surface area contributed by atoms with Crippen LogP contribution in [0.1, 0.15) is 15.9 Å². The molecule has 1 atom stereocenters. The molecule has 3 aromatic carbocycles. The molecule has 0 saturated heterocycles. The molecule has 34 heavy (non-hydrogen) atoms. The Morgan fingerprint density at radius 2 is 1.74 bits per heavy atom. The number of nitro groups is 1. The second-order valence-corrected chi connectivity index (χ2v) is 10.4. The molecule has 0 aliphatic heterocycles. The Hall–Kier alpha value is -3.15. The van der Waals surface area contributed by atoms with Crippen LogP contribution in [-0.2, 0) is 6.18 Å². The van der Waals surface area contributed by atoms with Gasteiger partial charge in [0, 0.05) is 11.0 Å². The van der Waals surface area contributed by atoms with E-state index in [0.717, 1.165) is 30.3 Å². The summed E-state index contributed by atoms with van der Waals surface area (Å²) in [5, 5.41) is 10.3. The molecule has 0 aliphatic carbocycles. The second-order valence-electron chi connectivity index (χ2n) is 6.85. The van der Waals surface area contributed by atoms with E-state index in [-0.39, 0.29) is 26.4 Å². The van der Waals surface area contributed by atoms with Gasteiger partial charge in [-0.05, 0) is 63.5 Å². The number of carbonyl (C=O) groups is 1. The summed E-state index contributed by atoms with van der Waals surface area (Å²) < 4.78 is 47.1. The zero-order valence-corrected chi connectivity index (χ0v) is 19.3. The largest absolute Gasteiger partial charge is 0.456 e. The minimum absolute atomic E-state index is 0.0829. The third kappa shape index (κ3) is 5.01. The van der Waals surface area contributed by atoms with Crippen LogP contribution in [0.3, 0.4) is 0 Å². The molecule has 1 unspecified atom stereocenters. The lowest BCUT2D eigenvalue weighted by Crippen LogP contribution is -2.12. The molecule has 0 heterocycles. The predicted molar refractivity (Wildman–Crippen MR) is 123 cm³/mol. The van der Waals surface area contributed by atoms with Gasteiger partial charge in [0.15, 0.2) is 0 Å². The zero-order valence-electron chi connectivity index (χ0n) is 17.0. The van der Waals surface area contributed by atoms with Crippen molar-refractivity contribution in [1.82, 2.24) is 0 Å². The fraction of sp³-hybridized carbons (Fsp3) is 0.0952. The molecule has 0 aromatic heterocycles. The summed E-state index contributed by atoms with van der Waals surface area (Å²) in [5.74, 6) is -0.320. The SMILES string of the molecule is CS(N=O)(C(=O)c1cc(Oc2ccc(C(F)(F)F)cc2Cl)ccc1[N+](=O)[O-])c1ccccc1Cl. The number of carbonyl (C=O) groups excluding carboxylic acids is 1. The number of nitroso groups, excluding NO2 is 1. The lowest BCUT2D eigenvalue weighted by Gasteiger charge is -2.26. The number of benzene rings is 3. The van der Waals surface area contributed by atoms with Crippen LogP contribution < -0.4 is 4.74 Å². The van der Waals surface area contributed by atoms with E-state index >= 15 is 0 Å². The van der Waals surface area contributed by atoms with Crippen LogP contribution in [0.15, 0.2) is 70.1 Å². The van der Waals surface area contributed by atoms with Crippen LogP contribution in [0, 0.1) is 15.0 Å². The van der Waals surface area contributed by atoms with Gasteiger partial charge in [0.2, 0.25) is 5.12 Å². The Bertz CT molecular complexity index is 1310. The first-order valence-corrected chi connectivity index (χ1v) is 11.9. The lowest BCUT2D eigenvalue weighted by atomic mass is 10.2. The summed E-state index contributed by atoms with van der Waals surface area (Å²) in [6, 6.07) is 11.5. The predicted octanol–water partition coefficient (Wildman–Crippen LogP) is 8.03. The van der Waals surface area contributed by atoms with Crippen molar-refractivity contribution >= 4 is 44.2 Å². The molecule has 0 N–H and O–H groups in total. The molecule has 0 radical (unpaired) electrons. The van der Waals surface area contributed by atoms with E-state index in [1.807, 2.05) is 0 Å². The van der Waals surface area contributed by atoms with Crippen LogP contribution in [-0.4, -0.2) is 16.3 Å². The maximum atomic E-state index is 13.4. The maximum Gasteiger partial charge on any atom is 0.416 e. The Labute approximate surface area is 202 Å². The quantitative estimate of drug-likeness (QED) is 0.182. The summed E-state index contributed by atoms with van der Waals surface area (Å²) in [7, 11) is -3.21. The molecule has 0 saturated carbocycles. The first kappa shape index (κ1) is 25.5. The van der Waals surface area contributed by atoms with Crippen molar-refractivity contribution < 1.29 is 27.6 Å². The summed E-state index contributed by atoms with van der Waals surface area (Å²) in [6.07, 6.45) is -3.38. The zero-order chi connectivity index (χ0) is 25.3. The highest BCUT2D eigenvalue weighted by Gasteiger charge is 2.38. The number of alkyl halides is 3. The van der Waals surface area contributed by atoms with Crippen LogP contribution in [0.4, 0.5) is 18.9 Å². The van der Waals surface area contributed by atoms with Crippen molar-refractivity contribution in [3.63, 3.8) is 0 Å². The summed E-state index contributed by atoms with van der Waals surface area (Å²) in [6.45, 7) is 0. The van der Waals surface area contributed by atoms with Gasteiger partial charge in [-0.2, -0.15) is 13.2 Å². The van der Waals surface area contributed by atoms with Crippen molar-refractivity contribution in [3.05, 3.63) is 96.9 Å². The third-order valence-corrected chi connectivity index (χ3v) is 7.84.